The van der Waals surface area contributed by atoms with Crippen LogP contribution in [0.4, 0.5) is 0 Å². The van der Waals surface area contributed by atoms with E-state index in [4.69, 9.17) is 16.3 Å². The Labute approximate surface area is 172 Å². The first-order chi connectivity index (χ1) is 13.6. The largest absolute Gasteiger partial charge is 0.376 e. The monoisotopic (exact) mass is 406 g/mol. The number of benzene rings is 1. The highest BCUT2D eigenvalue weighted by atomic mass is 35.5. The number of rotatable bonds is 7. The fourth-order valence-electron chi connectivity index (χ4n) is 4.31. The molecular formula is C22H31ClN2O3. The zero-order valence-corrected chi connectivity index (χ0v) is 17.4. The van der Waals surface area contributed by atoms with Gasteiger partial charge in [0.25, 0.3) is 0 Å². The molecule has 2 atom stereocenters. The average Bonchev–Trinajstić information content (AvgIpc) is 3.22. The highest BCUT2D eigenvalue weighted by molar-refractivity contribution is 6.27. The number of nitrogens with one attached hydrogen (secondary N) is 1. The maximum absolute atomic E-state index is 13.4. The van der Waals surface area contributed by atoms with Crippen LogP contribution in [-0.4, -0.2) is 47.9 Å². The molecule has 28 heavy (non-hydrogen) atoms. The van der Waals surface area contributed by atoms with Crippen LogP contribution in [0.2, 0.25) is 0 Å². The molecule has 0 bridgehead atoms. The number of aryl methyl sites for hydroxylation is 1. The second kappa shape index (κ2) is 10.3. The maximum atomic E-state index is 13.4. The molecule has 1 saturated heterocycles. The molecule has 0 radical (unpaired) electrons. The third-order valence-corrected chi connectivity index (χ3v) is 6.08. The van der Waals surface area contributed by atoms with E-state index in [1.807, 2.05) is 31.2 Å². The lowest BCUT2D eigenvalue weighted by Gasteiger charge is -2.35. The van der Waals surface area contributed by atoms with Crippen molar-refractivity contribution in [2.24, 2.45) is 0 Å². The van der Waals surface area contributed by atoms with E-state index in [-0.39, 0.29) is 29.8 Å². The Kier molecular flexibility index (Phi) is 7.74. The molecule has 2 aliphatic rings. The molecule has 1 aromatic carbocycles. The summed E-state index contributed by atoms with van der Waals surface area (Å²) < 4.78 is 5.76. The van der Waals surface area contributed by atoms with E-state index in [0.717, 1.165) is 49.7 Å². The first-order valence-corrected chi connectivity index (χ1v) is 11.0. The van der Waals surface area contributed by atoms with Crippen molar-refractivity contribution < 1.29 is 14.3 Å². The number of carbonyl (C=O) groups excluding carboxylic acids is 2. The number of halogens is 1. The van der Waals surface area contributed by atoms with Crippen molar-refractivity contribution in [1.82, 2.24) is 10.2 Å². The van der Waals surface area contributed by atoms with E-state index in [1.165, 1.54) is 6.42 Å². The summed E-state index contributed by atoms with van der Waals surface area (Å²) in [6.07, 6.45) is 7.35. The van der Waals surface area contributed by atoms with Gasteiger partial charge in [0.2, 0.25) is 11.8 Å². The Bertz CT molecular complexity index is 670. The average molecular weight is 407 g/mol. The Morgan fingerprint density at radius 1 is 1.18 bits per heavy atom. The molecule has 2 fully saturated rings. The van der Waals surface area contributed by atoms with Crippen molar-refractivity contribution >= 4 is 23.4 Å². The van der Waals surface area contributed by atoms with E-state index in [1.54, 1.807) is 4.90 Å². The third-order valence-electron chi connectivity index (χ3n) is 5.85. The fourth-order valence-corrected chi connectivity index (χ4v) is 4.46. The summed E-state index contributed by atoms with van der Waals surface area (Å²) in [6, 6.07) is 7.28. The van der Waals surface area contributed by atoms with Crippen molar-refractivity contribution in [2.75, 3.05) is 19.0 Å². The van der Waals surface area contributed by atoms with Crippen molar-refractivity contribution in [3.8, 4) is 0 Å². The number of amides is 2. The molecule has 5 nitrogen and oxygen atoms in total. The standard InChI is InChI=1S/C22H31ClN2O3/c1-16-8-5-6-12-19(16)21(22(27)24-17-9-3-2-4-10-17)25(20(26)14-23)15-18-11-7-13-28-18/h5-6,8,12,17-18,21H,2-4,7,9-11,13-15H2,1H3,(H,24,27)/t18-,21-/m0/s1. The van der Waals surface area contributed by atoms with Gasteiger partial charge in [-0.2, -0.15) is 0 Å². The molecule has 1 saturated carbocycles. The first kappa shape index (κ1) is 21.1. The molecular weight excluding hydrogens is 376 g/mol. The highest BCUT2D eigenvalue weighted by Crippen LogP contribution is 2.28. The number of hydrogen-bond acceptors (Lipinski definition) is 3. The van der Waals surface area contributed by atoms with Crippen LogP contribution in [0.5, 0.6) is 0 Å². The molecule has 2 amide bonds. The van der Waals surface area contributed by atoms with Crippen LogP contribution >= 0.6 is 11.6 Å². The molecule has 0 spiro atoms. The van der Waals surface area contributed by atoms with Gasteiger partial charge >= 0.3 is 0 Å². The minimum Gasteiger partial charge on any atom is -0.376 e. The van der Waals surface area contributed by atoms with Crippen LogP contribution in [0.25, 0.3) is 0 Å². The van der Waals surface area contributed by atoms with Gasteiger partial charge in [0.15, 0.2) is 0 Å². The fraction of sp³-hybridized carbons (Fsp3) is 0.636. The second-order valence-corrected chi connectivity index (χ2v) is 8.18. The molecule has 1 aromatic rings. The minimum atomic E-state index is -0.682. The smallest absolute Gasteiger partial charge is 0.247 e. The minimum absolute atomic E-state index is 0.0406. The quantitative estimate of drug-likeness (QED) is 0.702. The topological polar surface area (TPSA) is 58.6 Å². The van der Waals surface area contributed by atoms with Gasteiger partial charge in [-0.25, -0.2) is 0 Å². The lowest BCUT2D eigenvalue weighted by atomic mass is 9.94. The molecule has 1 aliphatic carbocycles. The lowest BCUT2D eigenvalue weighted by Crippen LogP contribution is -2.49. The van der Waals surface area contributed by atoms with Crippen LogP contribution in [0.1, 0.15) is 62.1 Å². The highest BCUT2D eigenvalue weighted by Gasteiger charge is 2.35. The van der Waals surface area contributed by atoms with Crippen molar-refractivity contribution in [1.29, 1.82) is 0 Å². The van der Waals surface area contributed by atoms with Gasteiger partial charge in [-0.3, -0.25) is 9.59 Å². The van der Waals surface area contributed by atoms with E-state index >= 15 is 0 Å². The van der Waals surface area contributed by atoms with Gasteiger partial charge in [0.05, 0.1) is 6.10 Å². The lowest BCUT2D eigenvalue weighted by molar-refractivity contribution is -0.141. The predicted molar refractivity (Wildman–Crippen MR) is 110 cm³/mol. The zero-order valence-electron chi connectivity index (χ0n) is 16.7. The van der Waals surface area contributed by atoms with Crippen LogP contribution in [0, 0.1) is 6.92 Å². The summed E-state index contributed by atoms with van der Waals surface area (Å²) >= 11 is 5.94. The zero-order chi connectivity index (χ0) is 19.9. The Balaban J connectivity index is 1.88. The van der Waals surface area contributed by atoms with E-state index in [0.29, 0.717) is 13.2 Å². The van der Waals surface area contributed by atoms with Gasteiger partial charge < -0.3 is 15.0 Å². The SMILES string of the molecule is Cc1ccccc1[C@@H](C(=O)NC1CCCCC1)N(C[C@@H]1CCCO1)C(=O)CCl. The predicted octanol–water partition coefficient (Wildman–Crippen LogP) is 3.73. The van der Waals surface area contributed by atoms with Crippen LogP contribution in [-0.2, 0) is 14.3 Å². The van der Waals surface area contributed by atoms with Crippen LogP contribution in [0.15, 0.2) is 24.3 Å². The van der Waals surface area contributed by atoms with Crippen molar-refractivity contribution in [3.63, 3.8) is 0 Å². The summed E-state index contributed by atoms with van der Waals surface area (Å²) in [4.78, 5) is 27.8. The number of ether oxygens (including phenoxy) is 1. The number of hydrogen-bond donors (Lipinski definition) is 1. The normalized spacial score (nSPS) is 21.3. The van der Waals surface area contributed by atoms with Gasteiger partial charge in [-0.05, 0) is 43.7 Å². The molecule has 3 rings (SSSR count). The van der Waals surface area contributed by atoms with Gasteiger partial charge in [-0.1, -0.05) is 43.5 Å². The second-order valence-electron chi connectivity index (χ2n) is 7.92. The summed E-state index contributed by atoms with van der Waals surface area (Å²) in [6.45, 7) is 3.07. The number of alkyl halides is 1. The number of carbonyl (C=O) groups is 2. The van der Waals surface area contributed by atoms with Crippen LogP contribution in [0.3, 0.4) is 0 Å². The third kappa shape index (κ3) is 5.26. The summed E-state index contributed by atoms with van der Waals surface area (Å²) in [5.74, 6) is -0.492. The van der Waals surface area contributed by atoms with E-state index in [9.17, 15) is 9.59 Å². The van der Waals surface area contributed by atoms with Crippen molar-refractivity contribution in [3.05, 3.63) is 35.4 Å². The van der Waals surface area contributed by atoms with Crippen molar-refractivity contribution in [2.45, 2.75) is 70.1 Å². The van der Waals surface area contributed by atoms with Gasteiger partial charge in [0, 0.05) is 19.2 Å². The summed E-state index contributed by atoms with van der Waals surface area (Å²) in [5.41, 5.74) is 1.85. The van der Waals surface area contributed by atoms with Crippen LogP contribution < -0.4 is 5.32 Å². The molecule has 0 aromatic heterocycles. The first-order valence-electron chi connectivity index (χ1n) is 10.4. The molecule has 1 N–H and O–H groups in total. The van der Waals surface area contributed by atoms with E-state index in [2.05, 4.69) is 5.32 Å². The molecule has 1 aliphatic heterocycles. The Morgan fingerprint density at radius 2 is 1.93 bits per heavy atom. The van der Waals surface area contributed by atoms with Gasteiger partial charge in [0.1, 0.15) is 11.9 Å². The Morgan fingerprint density at radius 3 is 2.57 bits per heavy atom. The van der Waals surface area contributed by atoms with Gasteiger partial charge in [-0.15, -0.1) is 11.6 Å². The number of nitrogens with zero attached hydrogens (tertiary/aromatic N) is 1. The molecule has 0 unspecified atom stereocenters. The summed E-state index contributed by atoms with van der Waals surface area (Å²) in [7, 11) is 0. The molecule has 154 valence electrons. The molecule has 1 heterocycles. The molecule has 6 heteroatoms. The Hall–Kier alpha value is -1.59. The summed E-state index contributed by atoms with van der Waals surface area (Å²) in [5, 5.41) is 3.21. The van der Waals surface area contributed by atoms with E-state index < -0.39 is 6.04 Å². The maximum Gasteiger partial charge on any atom is 0.247 e.